The predicted octanol–water partition coefficient (Wildman–Crippen LogP) is 4.27. The van der Waals surface area contributed by atoms with E-state index in [-0.39, 0.29) is 23.1 Å². The highest BCUT2D eigenvalue weighted by molar-refractivity contribution is 6.02. The molecule has 0 spiro atoms. The van der Waals surface area contributed by atoms with Gasteiger partial charge in [0, 0.05) is 29.3 Å². The van der Waals surface area contributed by atoms with Gasteiger partial charge in [-0.15, -0.1) is 0 Å². The zero-order valence-electron chi connectivity index (χ0n) is 16.8. The number of rotatable bonds is 6. The molecule has 30 heavy (non-hydrogen) atoms. The third-order valence-electron chi connectivity index (χ3n) is 5.17. The lowest BCUT2D eigenvalue weighted by Crippen LogP contribution is -2.24. The Bertz CT molecular complexity index is 981. The normalized spacial score (nSPS) is 14.8. The maximum absolute atomic E-state index is 12.4. The summed E-state index contributed by atoms with van der Waals surface area (Å²) < 4.78 is 0. The Hall–Kier alpha value is -3.55. The molecule has 8 heteroatoms. The zero-order chi connectivity index (χ0) is 21.5. The number of hydrazone groups is 1. The molecule has 1 saturated carbocycles. The summed E-state index contributed by atoms with van der Waals surface area (Å²) in [5, 5.41) is 17.9. The first-order valence-electron chi connectivity index (χ1n) is 9.94. The highest BCUT2D eigenvalue weighted by Gasteiger charge is 2.21. The van der Waals surface area contributed by atoms with Crippen LogP contribution in [-0.2, 0) is 4.79 Å². The van der Waals surface area contributed by atoms with Gasteiger partial charge in [-0.3, -0.25) is 19.7 Å². The smallest absolute Gasteiger partial charge is 0.271 e. The first-order valence-corrected chi connectivity index (χ1v) is 9.94. The number of nitro groups is 1. The molecule has 0 unspecified atom stereocenters. The molecule has 0 saturated heterocycles. The fourth-order valence-electron chi connectivity index (χ4n) is 3.46. The lowest BCUT2D eigenvalue weighted by Gasteiger charge is -2.20. The Morgan fingerprint density at radius 3 is 2.47 bits per heavy atom. The van der Waals surface area contributed by atoms with E-state index >= 15 is 0 Å². The van der Waals surface area contributed by atoms with Gasteiger partial charge < -0.3 is 5.32 Å². The van der Waals surface area contributed by atoms with Crippen LogP contribution in [0, 0.1) is 16.0 Å². The Kier molecular flexibility index (Phi) is 6.90. The first kappa shape index (κ1) is 21.2. The maximum atomic E-state index is 12.4. The SMILES string of the molecule is C/C(=N/NC(=O)c1cccc([N+](=O)[O-])c1)c1cccc(NC(=O)C2CCCCC2)c1. The molecule has 0 bridgehead atoms. The fraction of sp³-hybridized carbons (Fsp3) is 0.318. The average molecular weight is 408 g/mol. The molecular weight excluding hydrogens is 384 g/mol. The van der Waals surface area contributed by atoms with Crippen molar-refractivity contribution in [2.75, 3.05) is 5.32 Å². The average Bonchev–Trinajstić information content (AvgIpc) is 2.78. The number of carbonyl (C=O) groups is 2. The number of non-ortho nitro benzene ring substituents is 1. The van der Waals surface area contributed by atoms with E-state index in [1.165, 1.54) is 30.7 Å². The van der Waals surface area contributed by atoms with E-state index in [2.05, 4.69) is 15.8 Å². The molecular formula is C22H24N4O4. The van der Waals surface area contributed by atoms with Crippen LogP contribution in [0.2, 0.25) is 0 Å². The minimum absolute atomic E-state index is 0.0421. The molecule has 2 amide bonds. The van der Waals surface area contributed by atoms with Crippen LogP contribution in [0.1, 0.15) is 54.9 Å². The van der Waals surface area contributed by atoms with Crippen molar-refractivity contribution < 1.29 is 14.5 Å². The summed E-state index contributed by atoms with van der Waals surface area (Å²) in [5.74, 6) is -0.438. The summed E-state index contributed by atoms with van der Waals surface area (Å²) in [6, 6.07) is 12.7. The van der Waals surface area contributed by atoms with Crippen LogP contribution in [0.25, 0.3) is 0 Å². The highest BCUT2D eigenvalue weighted by Crippen LogP contribution is 2.25. The number of benzene rings is 2. The van der Waals surface area contributed by atoms with Gasteiger partial charge in [0.2, 0.25) is 5.91 Å². The molecule has 156 valence electrons. The summed E-state index contributed by atoms with van der Waals surface area (Å²) in [6.45, 7) is 1.73. The van der Waals surface area contributed by atoms with Crippen LogP contribution < -0.4 is 10.7 Å². The Balaban J connectivity index is 1.65. The third-order valence-corrected chi connectivity index (χ3v) is 5.17. The summed E-state index contributed by atoms with van der Waals surface area (Å²) >= 11 is 0. The molecule has 2 aromatic rings. The van der Waals surface area contributed by atoms with Gasteiger partial charge >= 0.3 is 0 Å². The number of hydrogen-bond donors (Lipinski definition) is 2. The van der Waals surface area contributed by atoms with E-state index in [4.69, 9.17) is 0 Å². The molecule has 1 fully saturated rings. The summed E-state index contributed by atoms with van der Waals surface area (Å²) in [5.41, 5.74) is 4.37. The minimum Gasteiger partial charge on any atom is -0.326 e. The maximum Gasteiger partial charge on any atom is 0.271 e. The summed E-state index contributed by atoms with van der Waals surface area (Å²) in [6.07, 6.45) is 5.23. The van der Waals surface area contributed by atoms with Crippen LogP contribution in [0.5, 0.6) is 0 Å². The number of carbonyl (C=O) groups excluding carboxylic acids is 2. The number of nitro benzene ring substituents is 1. The molecule has 0 radical (unpaired) electrons. The Morgan fingerprint density at radius 2 is 1.73 bits per heavy atom. The second-order valence-electron chi connectivity index (χ2n) is 7.35. The van der Waals surface area contributed by atoms with Crippen molar-refractivity contribution in [3.63, 3.8) is 0 Å². The summed E-state index contributed by atoms with van der Waals surface area (Å²) in [4.78, 5) is 35.0. The van der Waals surface area contributed by atoms with Crippen molar-refractivity contribution in [1.82, 2.24) is 5.43 Å². The predicted molar refractivity (Wildman–Crippen MR) is 114 cm³/mol. The largest absolute Gasteiger partial charge is 0.326 e. The minimum atomic E-state index is -0.557. The molecule has 0 aliphatic heterocycles. The van der Waals surface area contributed by atoms with Gasteiger partial charge in [0.25, 0.3) is 11.6 Å². The number of hydrogen-bond acceptors (Lipinski definition) is 5. The lowest BCUT2D eigenvalue weighted by molar-refractivity contribution is -0.384. The summed E-state index contributed by atoms with van der Waals surface area (Å²) in [7, 11) is 0. The van der Waals surface area contributed by atoms with Crippen molar-refractivity contribution in [3.05, 3.63) is 69.8 Å². The molecule has 8 nitrogen and oxygen atoms in total. The van der Waals surface area contributed by atoms with Crippen molar-refractivity contribution in [2.24, 2.45) is 11.0 Å². The standard InChI is InChI=1S/C22H24N4O4/c1-15(24-25-22(28)18-10-6-12-20(14-18)26(29)30)17-9-5-11-19(13-17)23-21(27)16-7-3-2-4-8-16/h5-6,9-14,16H,2-4,7-8H2,1H3,(H,23,27)(H,25,28)/b24-15-. The molecule has 2 aromatic carbocycles. The molecule has 1 aliphatic carbocycles. The molecule has 1 aliphatic rings. The number of nitrogens with one attached hydrogen (secondary N) is 2. The van der Waals surface area contributed by atoms with Gasteiger partial charge in [-0.1, -0.05) is 37.5 Å². The van der Waals surface area contributed by atoms with Gasteiger partial charge in [-0.05, 0) is 43.5 Å². The molecule has 0 aromatic heterocycles. The van der Waals surface area contributed by atoms with Crippen LogP contribution in [0.15, 0.2) is 53.6 Å². The van der Waals surface area contributed by atoms with Gasteiger partial charge in [-0.25, -0.2) is 5.43 Å². The lowest BCUT2D eigenvalue weighted by atomic mass is 9.88. The van der Waals surface area contributed by atoms with E-state index < -0.39 is 10.8 Å². The van der Waals surface area contributed by atoms with E-state index in [0.717, 1.165) is 31.2 Å². The Morgan fingerprint density at radius 1 is 1.03 bits per heavy atom. The van der Waals surface area contributed by atoms with Crippen LogP contribution in [0.3, 0.4) is 0 Å². The van der Waals surface area contributed by atoms with E-state index in [1.54, 1.807) is 13.0 Å². The van der Waals surface area contributed by atoms with E-state index in [0.29, 0.717) is 11.4 Å². The number of anilines is 1. The fourth-order valence-corrected chi connectivity index (χ4v) is 3.46. The zero-order valence-corrected chi connectivity index (χ0v) is 16.8. The van der Waals surface area contributed by atoms with E-state index in [9.17, 15) is 19.7 Å². The van der Waals surface area contributed by atoms with Crippen molar-refractivity contribution in [1.29, 1.82) is 0 Å². The topological polar surface area (TPSA) is 114 Å². The van der Waals surface area contributed by atoms with Crippen LogP contribution in [-0.4, -0.2) is 22.4 Å². The van der Waals surface area contributed by atoms with Crippen molar-refractivity contribution in [3.8, 4) is 0 Å². The molecule has 0 heterocycles. The Labute approximate surface area is 174 Å². The van der Waals surface area contributed by atoms with Crippen molar-refractivity contribution >= 4 is 28.9 Å². The molecule has 3 rings (SSSR count). The first-order chi connectivity index (χ1) is 14.4. The van der Waals surface area contributed by atoms with Gasteiger partial charge in [-0.2, -0.15) is 5.10 Å². The second-order valence-corrected chi connectivity index (χ2v) is 7.35. The van der Waals surface area contributed by atoms with Gasteiger partial charge in [0.15, 0.2) is 0 Å². The number of nitrogens with zero attached hydrogens (tertiary/aromatic N) is 2. The molecule has 0 atom stereocenters. The van der Waals surface area contributed by atoms with Gasteiger partial charge in [0.1, 0.15) is 0 Å². The van der Waals surface area contributed by atoms with Crippen molar-refractivity contribution in [2.45, 2.75) is 39.0 Å². The second kappa shape index (κ2) is 9.78. The third kappa shape index (κ3) is 5.50. The van der Waals surface area contributed by atoms with Crippen LogP contribution in [0.4, 0.5) is 11.4 Å². The number of amides is 2. The highest BCUT2D eigenvalue weighted by atomic mass is 16.6. The molecule has 2 N–H and O–H groups in total. The quantitative estimate of drug-likeness (QED) is 0.422. The van der Waals surface area contributed by atoms with Crippen LogP contribution >= 0.6 is 0 Å². The monoisotopic (exact) mass is 408 g/mol. The van der Waals surface area contributed by atoms with E-state index in [1.807, 2.05) is 18.2 Å². The van der Waals surface area contributed by atoms with Gasteiger partial charge in [0.05, 0.1) is 10.6 Å².